The van der Waals surface area contributed by atoms with Crippen LogP contribution in [-0.4, -0.2) is 34.9 Å². The summed E-state index contributed by atoms with van der Waals surface area (Å²) in [5.74, 6) is -0.157. The molecule has 0 saturated heterocycles. The normalized spacial score (nSPS) is 16.3. The van der Waals surface area contributed by atoms with Gasteiger partial charge in [0.2, 0.25) is 0 Å². The number of carbonyl (C=O) groups is 2. The number of pyridine rings is 1. The highest BCUT2D eigenvalue weighted by Crippen LogP contribution is 2.19. The van der Waals surface area contributed by atoms with Gasteiger partial charge in [0.05, 0.1) is 11.9 Å². The molecule has 0 bridgehead atoms. The number of nitrogens with one attached hydrogen (secondary N) is 2. The molecular weight excluding hydrogens is 316 g/mol. The molecular formula is C19H20N4O2. The van der Waals surface area contributed by atoms with Gasteiger partial charge in [-0.3, -0.25) is 4.79 Å². The van der Waals surface area contributed by atoms with Crippen molar-refractivity contribution in [3.8, 4) is 0 Å². The maximum absolute atomic E-state index is 12.6. The predicted molar refractivity (Wildman–Crippen MR) is 94.5 cm³/mol. The zero-order valence-corrected chi connectivity index (χ0v) is 13.9. The molecule has 2 N–H and O–H groups in total. The van der Waals surface area contributed by atoms with E-state index in [1.54, 1.807) is 6.20 Å². The van der Waals surface area contributed by atoms with E-state index in [9.17, 15) is 9.59 Å². The number of fused-ring (bicyclic) bond motifs is 2. The van der Waals surface area contributed by atoms with Gasteiger partial charge in [-0.2, -0.15) is 0 Å². The molecule has 2 aromatic rings. The van der Waals surface area contributed by atoms with E-state index in [1.165, 1.54) is 11.1 Å². The van der Waals surface area contributed by atoms with Crippen molar-refractivity contribution in [2.24, 2.45) is 0 Å². The van der Waals surface area contributed by atoms with Crippen molar-refractivity contribution in [2.75, 3.05) is 18.4 Å². The zero-order chi connectivity index (χ0) is 17.2. The minimum absolute atomic E-state index is 0.113. The Labute approximate surface area is 146 Å². The second-order valence-electron chi connectivity index (χ2n) is 6.45. The van der Waals surface area contributed by atoms with E-state index in [0.717, 1.165) is 31.4 Å². The largest absolute Gasteiger partial charge is 0.347 e. The molecule has 1 aromatic carbocycles. The van der Waals surface area contributed by atoms with E-state index in [4.69, 9.17) is 0 Å². The summed E-state index contributed by atoms with van der Waals surface area (Å²) in [4.78, 5) is 30.2. The topological polar surface area (TPSA) is 74.3 Å². The summed E-state index contributed by atoms with van der Waals surface area (Å²) >= 11 is 0. The second kappa shape index (κ2) is 6.55. The van der Waals surface area contributed by atoms with Crippen LogP contribution < -0.4 is 10.6 Å². The standard InChI is InChI=1S/C19H20N4O2/c24-18-17-15(11-21-18)10-16(12-20-17)22-19(25)23-8-3-6-13-4-1-2-5-14(13)7-9-23/h1-2,4-5,10,12H,3,6-9,11H2,(H,21,24)(H,22,25). The Morgan fingerprint density at radius 3 is 2.76 bits per heavy atom. The number of hydrogen-bond donors (Lipinski definition) is 2. The van der Waals surface area contributed by atoms with Crippen LogP contribution in [0.2, 0.25) is 0 Å². The molecule has 3 amide bonds. The van der Waals surface area contributed by atoms with Crippen LogP contribution in [0.3, 0.4) is 0 Å². The van der Waals surface area contributed by atoms with Gasteiger partial charge in [-0.25, -0.2) is 9.78 Å². The number of urea groups is 1. The smallest absolute Gasteiger partial charge is 0.321 e. The van der Waals surface area contributed by atoms with Crippen LogP contribution in [0, 0.1) is 0 Å². The average molecular weight is 336 g/mol. The molecule has 0 fully saturated rings. The quantitative estimate of drug-likeness (QED) is 0.839. The van der Waals surface area contributed by atoms with Gasteiger partial charge >= 0.3 is 6.03 Å². The first-order chi connectivity index (χ1) is 12.2. The Morgan fingerprint density at radius 2 is 1.92 bits per heavy atom. The van der Waals surface area contributed by atoms with Gasteiger partial charge in [-0.15, -0.1) is 0 Å². The maximum Gasteiger partial charge on any atom is 0.321 e. The summed E-state index contributed by atoms with van der Waals surface area (Å²) in [5, 5.41) is 5.64. The summed E-state index contributed by atoms with van der Waals surface area (Å²) in [6.07, 6.45) is 4.35. The summed E-state index contributed by atoms with van der Waals surface area (Å²) in [6.45, 7) is 1.89. The fourth-order valence-electron chi connectivity index (χ4n) is 3.46. The van der Waals surface area contributed by atoms with E-state index in [1.807, 2.05) is 11.0 Å². The lowest BCUT2D eigenvalue weighted by Gasteiger charge is -2.26. The van der Waals surface area contributed by atoms with Gasteiger partial charge in [0.1, 0.15) is 5.69 Å². The van der Waals surface area contributed by atoms with Crippen molar-refractivity contribution >= 4 is 17.6 Å². The predicted octanol–water partition coefficient (Wildman–Crippen LogP) is 2.35. The number of benzene rings is 1. The monoisotopic (exact) mass is 336 g/mol. The van der Waals surface area contributed by atoms with Crippen LogP contribution in [0.25, 0.3) is 0 Å². The lowest BCUT2D eigenvalue weighted by molar-refractivity contribution is 0.0961. The van der Waals surface area contributed by atoms with E-state index in [-0.39, 0.29) is 11.9 Å². The summed E-state index contributed by atoms with van der Waals surface area (Å²) in [7, 11) is 0. The van der Waals surface area contributed by atoms with Crippen molar-refractivity contribution in [3.05, 3.63) is 58.9 Å². The van der Waals surface area contributed by atoms with Crippen molar-refractivity contribution in [2.45, 2.75) is 25.8 Å². The molecule has 25 heavy (non-hydrogen) atoms. The van der Waals surface area contributed by atoms with Crippen LogP contribution in [0.4, 0.5) is 10.5 Å². The number of anilines is 1. The molecule has 0 unspecified atom stereocenters. The van der Waals surface area contributed by atoms with Crippen molar-refractivity contribution in [3.63, 3.8) is 0 Å². The minimum atomic E-state index is -0.157. The molecule has 4 rings (SSSR count). The molecule has 6 heteroatoms. The molecule has 1 aromatic heterocycles. The molecule has 0 aliphatic carbocycles. The lowest BCUT2D eigenvalue weighted by Crippen LogP contribution is -2.38. The molecule has 0 spiro atoms. The number of aryl methyl sites for hydroxylation is 1. The second-order valence-corrected chi connectivity index (χ2v) is 6.45. The van der Waals surface area contributed by atoms with Crippen LogP contribution in [-0.2, 0) is 19.4 Å². The Hall–Kier alpha value is -2.89. The fraction of sp³-hybridized carbons (Fsp3) is 0.316. The summed E-state index contributed by atoms with van der Waals surface area (Å²) < 4.78 is 0. The van der Waals surface area contributed by atoms with Gasteiger partial charge in [0, 0.05) is 25.2 Å². The molecule has 0 radical (unpaired) electrons. The average Bonchev–Trinajstić information content (AvgIpc) is 2.96. The Bertz CT molecular complexity index is 834. The van der Waals surface area contributed by atoms with Crippen LogP contribution in [0.5, 0.6) is 0 Å². The number of carbonyl (C=O) groups excluding carboxylic acids is 2. The molecule has 0 atom stereocenters. The number of hydrogen-bond acceptors (Lipinski definition) is 3. The maximum atomic E-state index is 12.6. The molecule has 2 aliphatic rings. The van der Waals surface area contributed by atoms with Crippen molar-refractivity contribution in [1.29, 1.82) is 0 Å². The zero-order valence-electron chi connectivity index (χ0n) is 13.9. The third-order valence-corrected chi connectivity index (χ3v) is 4.80. The Balaban J connectivity index is 1.44. The number of aromatic nitrogens is 1. The van der Waals surface area contributed by atoms with Crippen LogP contribution >= 0.6 is 0 Å². The summed E-state index contributed by atoms with van der Waals surface area (Å²) in [5.41, 5.74) is 4.61. The molecule has 128 valence electrons. The Kier molecular flexibility index (Phi) is 4.09. The Morgan fingerprint density at radius 1 is 1.12 bits per heavy atom. The van der Waals surface area contributed by atoms with Crippen LogP contribution in [0.15, 0.2) is 36.5 Å². The first kappa shape index (κ1) is 15.6. The third-order valence-electron chi connectivity index (χ3n) is 4.80. The van der Waals surface area contributed by atoms with E-state index < -0.39 is 0 Å². The van der Waals surface area contributed by atoms with Gasteiger partial charge < -0.3 is 15.5 Å². The number of amides is 3. The molecule has 3 heterocycles. The number of rotatable bonds is 1. The van der Waals surface area contributed by atoms with Gasteiger partial charge in [-0.05, 0) is 36.5 Å². The minimum Gasteiger partial charge on any atom is -0.347 e. The third kappa shape index (κ3) is 3.20. The highest BCUT2D eigenvalue weighted by molar-refractivity contribution is 5.97. The van der Waals surface area contributed by atoms with Gasteiger partial charge in [0.15, 0.2) is 0 Å². The molecule has 6 nitrogen and oxygen atoms in total. The number of nitrogens with zero attached hydrogens (tertiary/aromatic N) is 2. The molecule has 2 aliphatic heterocycles. The van der Waals surface area contributed by atoms with E-state index in [0.29, 0.717) is 24.5 Å². The summed E-state index contributed by atoms with van der Waals surface area (Å²) in [6, 6.07) is 10.2. The van der Waals surface area contributed by atoms with E-state index in [2.05, 4.69) is 39.9 Å². The first-order valence-corrected chi connectivity index (χ1v) is 8.60. The van der Waals surface area contributed by atoms with Gasteiger partial charge in [-0.1, -0.05) is 24.3 Å². The van der Waals surface area contributed by atoms with Crippen molar-refractivity contribution in [1.82, 2.24) is 15.2 Å². The first-order valence-electron chi connectivity index (χ1n) is 8.60. The van der Waals surface area contributed by atoms with Crippen molar-refractivity contribution < 1.29 is 9.59 Å². The highest BCUT2D eigenvalue weighted by atomic mass is 16.2. The van der Waals surface area contributed by atoms with E-state index >= 15 is 0 Å². The lowest BCUT2D eigenvalue weighted by atomic mass is 9.98. The van der Waals surface area contributed by atoms with Gasteiger partial charge in [0.25, 0.3) is 5.91 Å². The molecule has 0 saturated carbocycles. The SMILES string of the molecule is O=C1NCc2cc(NC(=O)N3CCCc4ccccc4CC3)cnc21. The van der Waals surface area contributed by atoms with Crippen LogP contribution in [0.1, 0.15) is 33.6 Å². The highest BCUT2D eigenvalue weighted by Gasteiger charge is 2.22. The fourth-order valence-corrected chi connectivity index (χ4v) is 3.46.